The van der Waals surface area contributed by atoms with Crippen LogP contribution < -0.4 is 4.74 Å². The van der Waals surface area contributed by atoms with Crippen LogP contribution >= 0.6 is 11.6 Å². The molecule has 180 valence electrons. The summed E-state index contributed by atoms with van der Waals surface area (Å²) in [5.41, 5.74) is 5.46. The molecule has 5 rings (SSSR count). The summed E-state index contributed by atoms with van der Waals surface area (Å²) in [5, 5.41) is 1.24. The number of carbonyl (C=O) groups excluding carboxylic acids is 1. The summed E-state index contributed by atoms with van der Waals surface area (Å²) < 4.78 is 13.9. The van der Waals surface area contributed by atoms with Crippen LogP contribution in [0.5, 0.6) is 5.75 Å². The van der Waals surface area contributed by atoms with E-state index in [-0.39, 0.29) is 12.0 Å². The van der Waals surface area contributed by atoms with E-state index in [1.54, 1.807) is 0 Å². The maximum Gasteiger partial charge on any atom is 0.337 e. The lowest BCUT2D eigenvalue weighted by atomic mass is 9.81. The lowest BCUT2D eigenvalue weighted by Crippen LogP contribution is -2.41. The SMILES string of the molecule is COC(=O)c1ccc2c(C3CCCCC3)c3n(c2c1)C[C@@H](N(C)CCCl)COc1ccccc1-3. The number of nitrogens with zero attached hydrogens (tertiary/aromatic N) is 2. The number of rotatable bonds is 5. The minimum atomic E-state index is -0.304. The van der Waals surface area contributed by atoms with Crippen molar-refractivity contribution in [3.05, 3.63) is 53.6 Å². The van der Waals surface area contributed by atoms with Crippen molar-refractivity contribution in [2.45, 2.75) is 50.6 Å². The average molecular weight is 481 g/mol. The highest BCUT2D eigenvalue weighted by Crippen LogP contribution is 2.47. The van der Waals surface area contributed by atoms with Crippen LogP contribution in [0.25, 0.3) is 22.2 Å². The van der Waals surface area contributed by atoms with Gasteiger partial charge in [0.1, 0.15) is 12.4 Å². The predicted octanol–water partition coefficient (Wildman–Crippen LogP) is 6.07. The third-order valence-electron chi connectivity index (χ3n) is 7.57. The molecule has 0 radical (unpaired) electrons. The molecule has 2 aromatic carbocycles. The Hall–Kier alpha value is -2.50. The average Bonchev–Trinajstić information content (AvgIpc) is 3.17. The number of alkyl halides is 1. The number of para-hydroxylation sites is 1. The minimum absolute atomic E-state index is 0.155. The molecule has 3 aromatic rings. The molecule has 0 saturated heterocycles. The van der Waals surface area contributed by atoms with E-state index in [0.29, 0.717) is 24.0 Å². The molecule has 34 heavy (non-hydrogen) atoms. The van der Waals surface area contributed by atoms with E-state index in [2.05, 4.69) is 40.8 Å². The van der Waals surface area contributed by atoms with Crippen LogP contribution in [0.2, 0.25) is 0 Å². The van der Waals surface area contributed by atoms with E-state index >= 15 is 0 Å². The van der Waals surface area contributed by atoms with E-state index in [4.69, 9.17) is 21.1 Å². The number of carbonyl (C=O) groups is 1. The van der Waals surface area contributed by atoms with Gasteiger partial charge >= 0.3 is 5.97 Å². The largest absolute Gasteiger partial charge is 0.491 e. The fourth-order valence-corrected chi connectivity index (χ4v) is 5.99. The smallest absolute Gasteiger partial charge is 0.337 e. The van der Waals surface area contributed by atoms with Gasteiger partial charge < -0.3 is 14.0 Å². The Bertz CT molecular complexity index is 1180. The summed E-state index contributed by atoms with van der Waals surface area (Å²) in [6, 6.07) is 14.6. The van der Waals surface area contributed by atoms with E-state index < -0.39 is 0 Å². The molecule has 1 saturated carbocycles. The molecule has 1 atom stereocenters. The predicted molar refractivity (Wildman–Crippen MR) is 137 cm³/mol. The summed E-state index contributed by atoms with van der Waals surface area (Å²) in [6.07, 6.45) is 6.22. The fraction of sp³-hybridized carbons (Fsp3) is 0.464. The van der Waals surface area contributed by atoms with E-state index in [0.717, 1.165) is 29.9 Å². The number of benzene rings is 2. The Kier molecular flexibility index (Phi) is 6.84. The second-order valence-corrected chi connectivity index (χ2v) is 9.94. The topological polar surface area (TPSA) is 43.7 Å². The zero-order chi connectivity index (χ0) is 23.7. The van der Waals surface area contributed by atoms with Crippen LogP contribution in [0.3, 0.4) is 0 Å². The van der Waals surface area contributed by atoms with Crippen molar-refractivity contribution in [1.29, 1.82) is 0 Å². The summed E-state index contributed by atoms with van der Waals surface area (Å²) in [5.74, 6) is 1.69. The van der Waals surface area contributed by atoms with Gasteiger partial charge in [-0.3, -0.25) is 4.90 Å². The van der Waals surface area contributed by atoms with Crippen molar-refractivity contribution >= 4 is 28.5 Å². The normalized spacial score (nSPS) is 18.6. The number of likely N-dealkylation sites (N-methyl/N-ethyl adjacent to an activating group) is 1. The number of hydrogen-bond acceptors (Lipinski definition) is 4. The van der Waals surface area contributed by atoms with Gasteiger partial charge in [0, 0.05) is 35.4 Å². The summed E-state index contributed by atoms with van der Waals surface area (Å²) in [7, 11) is 3.55. The first kappa shape index (κ1) is 23.3. The molecule has 0 spiro atoms. The van der Waals surface area contributed by atoms with Crippen LogP contribution in [0.1, 0.15) is 53.9 Å². The molecule has 2 heterocycles. The molecular formula is C28H33ClN2O3. The molecule has 0 N–H and O–H groups in total. The number of aromatic nitrogens is 1. The van der Waals surface area contributed by atoms with Crippen LogP contribution in [-0.4, -0.2) is 54.7 Å². The molecule has 1 fully saturated rings. The Balaban J connectivity index is 1.78. The van der Waals surface area contributed by atoms with Gasteiger partial charge in [-0.2, -0.15) is 0 Å². The highest BCUT2D eigenvalue weighted by atomic mass is 35.5. The van der Waals surface area contributed by atoms with Crippen LogP contribution in [-0.2, 0) is 11.3 Å². The van der Waals surface area contributed by atoms with Gasteiger partial charge in [0.2, 0.25) is 0 Å². The first-order chi connectivity index (χ1) is 16.6. The van der Waals surface area contributed by atoms with Crippen molar-refractivity contribution in [2.24, 2.45) is 0 Å². The number of esters is 1. The molecule has 0 amide bonds. The van der Waals surface area contributed by atoms with E-state index in [1.165, 1.54) is 55.9 Å². The first-order valence-corrected chi connectivity index (χ1v) is 12.9. The summed E-state index contributed by atoms with van der Waals surface area (Å²) in [4.78, 5) is 14.7. The van der Waals surface area contributed by atoms with Crippen molar-refractivity contribution < 1.29 is 14.3 Å². The van der Waals surface area contributed by atoms with Crippen LogP contribution in [0.4, 0.5) is 0 Å². The maximum absolute atomic E-state index is 12.4. The van der Waals surface area contributed by atoms with E-state index in [1.807, 2.05) is 18.2 Å². The summed E-state index contributed by atoms with van der Waals surface area (Å²) in [6.45, 7) is 2.14. The van der Waals surface area contributed by atoms with Gasteiger partial charge in [-0.15, -0.1) is 11.6 Å². The number of hydrogen-bond donors (Lipinski definition) is 0. The van der Waals surface area contributed by atoms with Crippen molar-refractivity contribution in [3.8, 4) is 17.0 Å². The second-order valence-electron chi connectivity index (χ2n) is 9.56. The molecule has 0 unspecified atom stereocenters. The van der Waals surface area contributed by atoms with Crippen molar-refractivity contribution in [1.82, 2.24) is 9.47 Å². The monoisotopic (exact) mass is 480 g/mol. The van der Waals surface area contributed by atoms with Gasteiger partial charge in [-0.05, 0) is 55.6 Å². The standard InChI is InChI=1S/C28H33ClN2O3/c1-30(15-14-29)21-17-31-24-16-20(28(32)33-2)12-13-22(24)26(19-8-4-3-5-9-19)27(31)23-10-6-7-11-25(23)34-18-21/h6-7,10-13,16,19,21H,3-5,8-9,14-15,17-18H2,1-2H3/t21-/m1/s1. The van der Waals surface area contributed by atoms with Crippen LogP contribution in [0.15, 0.2) is 42.5 Å². The summed E-state index contributed by atoms with van der Waals surface area (Å²) >= 11 is 6.10. The third kappa shape index (κ3) is 4.20. The minimum Gasteiger partial charge on any atom is -0.491 e. The third-order valence-corrected chi connectivity index (χ3v) is 7.73. The number of fused-ring (bicyclic) bond motifs is 5. The lowest BCUT2D eigenvalue weighted by molar-refractivity contribution is 0.0601. The highest BCUT2D eigenvalue weighted by Gasteiger charge is 2.31. The van der Waals surface area contributed by atoms with Gasteiger partial charge in [-0.25, -0.2) is 4.79 Å². The zero-order valence-corrected chi connectivity index (χ0v) is 20.8. The Labute approximate surface area is 206 Å². The molecule has 2 aliphatic rings. The maximum atomic E-state index is 12.4. The molecular weight excluding hydrogens is 448 g/mol. The van der Waals surface area contributed by atoms with Crippen LogP contribution in [0, 0.1) is 0 Å². The number of methoxy groups -OCH3 is 1. The lowest BCUT2D eigenvalue weighted by Gasteiger charge is -2.32. The van der Waals surface area contributed by atoms with E-state index in [9.17, 15) is 4.79 Å². The van der Waals surface area contributed by atoms with Crippen molar-refractivity contribution in [3.63, 3.8) is 0 Å². The van der Waals surface area contributed by atoms with Gasteiger partial charge in [0.25, 0.3) is 0 Å². The molecule has 1 aliphatic carbocycles. The first-order valence-electron chi connectivity index (χ1n) is 12.3. The Morgan fingerprint density at radius 2 is 1.97 bits per heavy atom. The zero-order valence-electron chi connectivity index (χ0n) is 20.1. The fourth-order valence-electron chi connectivity index (χ4n) is 5.73. The van der Waals surface area contributed by atoms with Gasteiger partial charge in [0.05, 0.1) is 24.4 Å². The van der Waals surface area contributed by atoms with Crippen molar-refractivity contribution in [2.75, 3.05) is 33.2 Å². The molecule has 6 heteroatoms. The molecule has 0 bridgehead atoms. The quantitative estimate of drug-likeness (QED) is 0.328. The second kappa shape index (κ2) is 10.0. The van der Waals surface area contributed by atoms with Gasteiger partial charge in [-0.1, -0.05) is 37.5 Å². The molecule has 5 nitrogen and oxygen atoms in total. The number of halogens is 1. The molecule has 1 aromatic heterocycles. The molecule has 1 aliphatic heterocycles. The highest BCUT2D eigenvalue weighted by molar-refractivity contribution is 6.18. The Morgan fingerprint density at radius 1 is 1.18 bits per heavy atom. The Morgan fingerprint density at radius 3 is 2.74 bits per heavy atom. The van der Waals surface area contributed by atoms with Gasteiger partial charge in [0.15, 0.2) is 0 Å². The number of ether oxygens (including phenoxy) is 2.